The molecule has 30 heavy (non-hydrogen) atoms. The van der Waals surface area contributed by atoms with E-state index in [1.807, 2.05) is 25.7 Å². The van der Waals surface area contributed by atoms with Crippen LogP contribution in [0.3, 0.4) is 0 Å². The van der Waals surface area contributed by atoms with E-state index in [0.717, 1.165) is 6.07 Å². The van der Waals surface area contributed by atoms with E-state index in [1.165, 1.54) is 13.3 Å². The number of nitrogens with zero attached hydrogens (tertiary/aromatic N) is 2. The van der Waals surface area contributed by atoms with Gasteiger partial charge in [0, 0.05) is 24.9 Å². The van der Waals surface area contributed by atoms with E-state index in [9.17, 15) is 14.7 Å². The lowest BCUT2D eigenvalue weighted by Crippen LogP contribution is -2.35. The van der Waals surface area contributed by atoms with Gasteiger partial charge >= 0.3 is 5.97 Å². The fourth-order valence-corrected chi connectivity index (χ4v) is 4.62. The van der Waals surface area contributed by atoms with Gasteiger partial charge in [-0.15, -0.1) is 0 Å². The first-order valence-corrected chi connectivity index (χ1v) is 9.89. The Hall–Kier alpha value is -2.65. The summed E-state index contributed by atoms with van der Waals surface area (Å²) >= 11 is 0. The third-order valence-corrected chi connectivity index (χ3v) is 5.95. The second-order valence-electron chi connectivity index (χ2n) is 8.86. The molecule has 9 heteroatoms. The van der Waals surface area contributed by atoms with Crippen molar-refractivity contribution in [2.45, 2.75) is 50.9 Å². The van der Waals surface area contributed by atoms with Crippen molar-refractivity contribution in [3.63, 3.8) is 0 Å². The van der Waals surface area contributed by atoms with Gasteiger partial charge in [0.05, 0.1) is 36.2 Å². The second-order valence-corrected chi connectivity index (χ2v) is 8.86. The molecule has 162 valence electrons. The summed E-state index contributed by atoms with van der Waals surface area (Å²) in [4.78, 5) is 26.4. The average Bonchev–Trinajstić information content (AvgIpc) is 3.24. The number of hydrogen-bond acceptors (Lipinski definition) is 6. The first kappa shape index (κ1) is 20.6. The Bertz CT molecular complexity index is 1090. The molecule has 8 nitrogen and oxygen atoms in total. The lowest BCUT2D eigenvalue weighted by molar-refractivity contribution is 0.0694. The molecule has 0 amide bonds. The summed E-state index contributed by atoms with van der Waals surface area (Å²) in [7, 11) is 1.42. The van der Waals surface area contributed by atoms with Crippen LogP contribution in [0, 0.1) is 5.82 Å². The standard InChI is InChI=1S/C21H26FN3O5/c1-21(2,3)25-8-11(20(27)28)17(26)10-7-12(22)16(19(29-4)15(10)25)24-9-13(23)18-14(24)5-6-30-18/h7-8,13-14,18H,5-6,9,23H2,1-4H3,(H,27,28). The molecule has 3 unspecified atom stereocenters. The Morgan fingerprint density at radius 2 is 2.10 bits per heavy atom. The molecule has 3 atom stereocenters. The predicted octanol–water partition coefficient (Wildman–Crippen LogP) is 1.91. The maximum absolute atomic E-state index is 15.4. The molecule has 3 N–H and O–H groups in total. The number of carboxylic acid groups (broad SMARTS) is 1. The monoisotopic (exact) mass is 419 g/mol. The number of halogens is 1. The molecule has 2 saturated heterocycles. The van der Waals surface area contributed by atoms with E-state index in [4.69, 9.17) is 15.2 Å². The number of hydrogen-bond donors (Lipinski definition) is 2. The number of aromatic nitrogens is 1. The van der Waals surface area contributed by atoms with Gasteiger partial charge in [-0.2, -0.15) is 0 Å². The molecule has 4 rings (SSSR count). The third kappa shape index (κ3) is 2.95. The van der Waals surface area contributed by atoms with E-state index in [0.29, 0.717) is 25.1 Å². The van der Waals surface area contributed by atoms with Crippen LogP contribution in [-0.2, 0) is 10.3 Å². The molecule has 0 saturated carbocycles. The SMILES string of the molecule is COc1c(N2CC(N)C3OCCC32)c(F)cc2c(=O)c(C(=O)O)cn(C(C)(C)C)c12. The Kier molecular flexibility index (Phi) is 4.78. The van der Waals surface area contributed by atoms with Crippen molar-refractivity contribution in [1.82, 2.24) is 4.57 Å². The number of fused-ring (bicyclic) bond motifs is 2. The van der Waals surface area contributed by atoms with Gasteiger partial charge in [0.2, 0.25) is 5.43 Å². The number of benzene rings is 1. The summed E-state index contributed by atoms with van der Waals surface area (Å²) in [5, 5.41) is 9.46. The van der Waals surface area contributed by atoms with E-state index >= 15 is 4.39 Å². The first-order chi connectivity index (χ1) is 14.1. The molecule has 3 heterocycles. The highest BCUT2D eigenvalue weighted by atomic mass is 19.1. The summed E-state index contributed by atoms with van der Waals surface area (Å²) in [6.45, 7) is 6.56. The Morgan fingerprint density at radius 1 is 1.40 bits per heavy atom. The lowest BCUT2D eigenvalue weighted by Gasteiger charge is -2.31. The van der Waals surface area contributed by atoms with Crippen LogP contribution in [0.2, 0.25) is 0 Å². The van der Waals surface area contributed by atoms with E-state index in [1.54, 1.807) is 4.57 Å². The molecule has 2 aromatic rings. The summed E-state index contributed by atoms with van der Waals surface area (Å²) < 4.78 is 28.5. The van der Waals surface area contributed by atoms with E-state index < -0.39 is 28.3 Å². The zero-order valence-electron chi connectivity index (χ0n) is 17.4. The van der Waals surface area contributed by atoms with Crippen LogP contribution >= 0.6 is 0 Å². The van der Waals surface area contributed by atoms with Crippen molar-refractivity contribution in [2.24, 2.45) is 5.73 Å². The molecule has 0 aliphatic carbocycles. The number of rotatable bonds is 3. The van der Waals surface area contributed by atoms with Crippen molar-refractivity contribution in [3.05, 3.63) is 33.9 Å². The summed E-state index contributed by atoms with van der Waals surface area (Å²) in [6, 6.07) is 0.754. The number of ether oxygens (including phenoxy) is 2. The summed E-state index contributed by atoms with van der Waals surface area (Å²) in [6.07, 6.45) is 1.82. The number of aromatic carboxylic acids is 1. The number of nitrogens with two attached hydrogens (primary N) is 1. The van der Waals surface area contributed by atoms with Gasteiger partial charge in [0.25, 0.3) is 0 Å². The fraction of sp³-hybridized carbons (Fsp3) is 0.524. The number of anilines is 1. The third-order valence-electron chi connectivity index (χ3n) is 5.95. The van der Waals surface area contributed by atoms with Crippen molar-refractivity contribution < 1.29 is 23.8 Å². The molecule has 1 aromatic carbocycles. The molecule has 2 aliphatic rings. The minimum atomic E-state index is -1.36. The highest BCUT2D eigenvalue weighted by molar-refractivity contribution is 5.97. The molecule has 0 spiro atoms. The van der Waals surface area contributed by atoms with Crippen LogP contribution < -0.4 is 20.8 Å². The normalized spacial score (nSPS) is 23.8. The van der Waals surface area contributed by atoms with Gasteiger partial charge in [-0.3, -0.25) is 4.79 Å². The summed E-state index contributed by atoms with van der Waals surface area (Å²) in [5.74, 6) is -1.83. The number of pyridine rings is 1. The molecule has 1 aromatic heterocycles. The minimum Gasteiger partial charge on any atom is -0.492 e. The van der Waals surface area contributed by atoms with Crippen LogP contribution in [0.25, 0.3) is 10.9 Å². The van der Waals surface area contributed by atoms with Crippen LogP contribution in [0.15, 0.2) is 17.1 Å². The molecule has 0 radical (unpaired) electrons. The first-order valence-electron chi connectivity index (χ1n) is 9.89. The minimum absolute atomic E-state index is 0.0364. The quantitative estimate of drug-likeness (QED) is 0.783. The van der Waals surface area contributed by atoms with Crippen molar-refractivity contribution in [3.8, 4) is 5.75 Å². The molecular formula is C21H26FN3O5. The topological polar surface area (TPSA) is 107 Å². The van der Waals surface area contributed by atoms with Crippen LogP contribution in [0.5, 0.6) is 5.75 Å². The molecule has 0 bridgehead atoms. The van der Waals surface area contributed by atoms with Crippen molar-refractivity contribution in [2.75, 3.05) is 25.2 Å². The van der Waals surface area contributed by atoms with Crippen LogP contribution in [0.1, 0.15) is 37.6 Å². The molecule has 2 fully saturated rings. The fourth-order valence-electron chi connectivity index (χ4n) is 4.62. The van der Waals surface area contributed by atoms with Gasteiger partial charge in [-0.05, 0) is 33.3 Å². The van der Waals surface area contributed by atoms with Gasteiger partial charge in [-0.1, -0.05) is 0 Å². The van der Waals surface area contributed by atoms with Gasteiger partial charge in [0.1, 0.15) is 11.3 Å². The number of methoxy groups -OCH3 is 1. The van der Waals surface area contributed by atoms with Gasteiger partial charge in [-0.25, -0.2) is 9.18 Å². The largest absolute Gasteiger partial charge is 0.492 e. The maximum Gasteiger partial charge on any atom is 0.341 e. The highest BCUT2D eigenvalue weighted by Crippen LogP contribution is 2.44. The van der Waals surface area contributed by atoms with E-state index in [2.05, 4.69) is 0 Å². The van der Waals surface area contributed by atoms with Gasteiger partial charge < -0.3 is 29.8 Å². The zero-order chi connectivity index (χ0) is 22.0. The zero-order valence-corrected chi connectivity index (χ0v) is 17.4. The van der Waals surface area contributed by atoms with Crippen molar-refractivity contribution in [1.29, 1.82) is 0 Å². The van der Waals surface area contributed by atoms with Crippen molar-refractivity contribution >= 4 is 22.6 Å². The van der Waals surface area contributed by atoms with E-state index in [-0.39, 0.29) is 35.0 Å². The number of carbonyl (C=O) groups is 1. The number of carboxylic acids is 1. The predicted molar refractivity (Wildman–Crippen MR) is 110 cm³/mol. The lowest BCUT2D eigenvalue weighted by atomic mass is 10.0. The smallest absolute Gasteiger partial charge is 0.341 e. The Morgan fingerprint density at radius 3 is 2.70 bits per heavy atom. The van der Waals surface area contributed by atoms with Crippen LogP contribution in [0.4, 0.5) is 10.1 Å². The molecular weight excluding hydrogens is 393 g/mol. The Balaban J connectivity index is 2.07. The second kappa shape index (κ2) is 6.95. The van der Waals surface area contributed by atoms with Gasteiger partial charge in [0.15, 0.2) is 11.6 Å². The molecule has 2 aliphatic heterocycles. The van der Waals surface area contributed by atoms with Crippen LogP contribution in [-0.4, -0.2) is 54.1 Å². The maximum atomic E-state index is 15.4. The highest BCUT2D eigenvalue weighted by Gasteiger charge is 2.46. The summed E-state index contributed by atoms with van der Waals surface area (Å²) in [5.41, 5.74) is 5.04. The average molecular weight is 419 g/mol. The Labute approximate surface area is 173 Å².